The van der Waals surface area contributed by atoms with E-state index in [1.54, 1.807) is 7.11 Å². The van der Waals surface area contributed by atoms with Crippen molar-refractivity contribution < 1.29 is 4.74 Å². The lowest BCUT2D eigenvalue weighted by molar-refractivity contribution is 0.415. The highest BCUT2D eigenvalue weighted by Crippen LogP contribution is 2.26. The van der Waals surface area contributed by atoms with E-state index in [9.17, 15) is 0 Å². The van der Waals surface area contributed by atoms with Crippen molar-refractivity contribution >= 4 is 17.0 Å². The highest BCUT2D eigenvalue weighted by atomic mass is 16.5. The van der Waals surface area contributed by atoms with Crippen LogP contribution in [0.25, 0.3) is 22.6 Å². The normalized spacial score (nSPS) is 11.2. The number of nitrogens with zero attached hydrogens (tertiary/aromatic N) is 4. The van der Waals surface area contributed by atoms with E-state index in [0.29, 0.717) is 5.82 Å². The van der Waals surface area contributed by atoms with Gasteiger partial charge in [0.2, 0.25) is 0 Å². The third kappa shape index (κ3) is 3.04. The first-order valence-corrected chi connectivity index (χ1v) is 8.27. The first-order chi connectivity index (χ1) is 11.6. The minimum absolute atomic E-state index is 0.285. The van der Waals surface area contributed by atoms with Gasteiger partial charge in [-0.25, -0.2) is 15.0 Å². The van der Waals surface area contributed by atoms with E-state index in [2.05, 4.69) is 35.6 Å². The van der Waals surface area contributed by atoms with Gasteiger partial charge in [0.15, 0.2) is 17.3 Å². The molecule has 0 radical (unpaired) electrons. The van der Waals surface area contributed by atoms with E-state index in [4.69, 9.17) is 14.7 Å². The van der Waals surface area contributed by atoms with Gasteiger partial charge in [-0.05, 0) is 44.5 Å². The van der Waals surface area contributed by atoms with E-state index >= 15 is 0 Å². The number of imidazole rings is 1. The molecule has 3 rings (SSSR count). The quantitative estimate of drug-likeness (QED) is 0.744. The summed E-state index contributed by atoms with van der Waals surface area (Å²) in [6.45, 7) is 7.22. The summed E-state index contributed by atoms with van der Waals surface area (Å²) in [6.07, 6.45) is 2.85. The highest BCUT2D eigenvalue weighted by molar-refractivity contribution is 5.85. The maximum absolute atomic E-state index is 5.22. The maximum atomic E-state index is 5.22. The minimum atomic E-state index is 0.285. The standard InChI is InChI=1S/C18H23N5O/c1-5-10-19-17-15-18(23(11-20-15)12(2)3)22-16(21-17)13-6-8-14(24-4)9-7-13/h6-9,11-12H,5,10H2,1-4H3,(H,19,21,22). The molecule has 0 amide bonds. The predicted molar refractivity (Wildman–Crippen MR) is 96.5 cm³/mol. The van der Waals surface area contributed by atoms with Crippen LogP contribution in [0.4, 0.5) is 5.82 Å². The smallest absolute Gasteiger partial charge is 0.166 e. The van der Waals surface area contributed by atoms with Gasteiger partial charge in [0, 0.05) is 18.2 Å². The van der Waals surface area contributed by atoms with Gasteiger partial charge < -0.3 is 14.6 Å². The number of hydrogen-bond donors (Lipinski definition) is 1. The van der Waals surface area contributed by atoms with Gasteiger partial charge in [0.25, 0.3) is 0 Å². The molecule has 0 spiro atoms. The molecule has 0 saturated carbocycles. The zero-order valence-electron chi connectivity index (χ0n) is 14.6. The van der Waals surface area contributed by atoms with Crippen molar-refractivity contribution in [3.63, 3.8) is 0 Å². The highest BCUT2D eigenvalue weighted by Gasteiger charge is 2.15. The molecule has 6 nitrogen and oxygen atoms in total. The van der Waals surface area contributed by atoms with Crippen molar-refractivity contribution in [2.75, 3.05) is 19.0 Å². The molecule has 2 heterocycles. The van der Waals surface area contributed by atoms with Gasteiger partial charge >= 0.3 is 0 Å². The zero-order valence-corrected chi connectivity index (χ0v) is 14.6. The van der Waals surface area contributed by atoms with E-state index in [1.165, 1.54) is 0 Å². The van der Waals surface area contributed by atoms with Crippen LogP contribution >= 0.6 is 0 Å². The average Bonchev–Trinajstić information content (AvgIpc) is 3.04. The average molecular weight is 325 g/mol. The summed E-state index contributed by atoms with van der Waals surface area (Å²) in [5.41, 5.74) is 2.62. The molecule has 0 aliphatic carbocycles. The topological polar surface area (TPSA) is 64.9 Å². The Morgan fingerprint density at radius 3 is 2.54 bits per heavy atom. The van der Waals surface area contributed by atoms with Gasteiger partial charge in [-0.1, -0.05) is 6.92 Å². The molecule has 0 atom stereocenters. The molecule has 0 aliphatic heterocycles. The Morgan fingerprint density at radius 1 is 1.17 bits per heavy atom. The van der Waals surface area contributed by atoms with Crippen LogP contribution < -0.4 is 10.1 Å². The van der Waals surface area contributed by atoms with Crippen LogP contribution in [0.5, 0.6) is 5.75 Å². The molecule has 126 valence electrons. The number of rotatable bonds is 6. The lowest BCUT2D eigenvalue weighted by Crippen LogP contribution is -2.06. The Kier molecular flexibility index (Phi) is 4.64. The second-order valence-electron chi connectivity index (χ2n) is 5.97. The monoisotopic (exact) mass is 325 g/mol. The number of aromatic nitrogens is 4. The molecule has 1 aromatic carbocycles. The predicted octanol–water partition coefficient (Wildman–Crippen LogP) is 3.90. The van der Waals surface area contributed by atoms with Crippen molar-refractivity contribution in [1.82, 2.24) is 19.5 Å². The Labute approximate surface area is 141 Å². The summed E-state index contributed by atoms with van der Waals surface area (Å²) in [6, 6.07) is 8.07. The fourth-order valence-electron chi connectivity index (χ4n) is 2.53. The molecular weight excluding hydrogens is 302 g/mol. The summed E-state index contributed by atoms with van der Waals surface area (Å²) in [4.78, 5) is 14.0. The summed E-state index contributed by atoms with van der Waals surface area (Å²) in [5, 5.41) is 3.37. The number of fused-ring (bicyclic) bond motifs is 1. The molecule has 1 N–H and O–H groups in total. The van der Waals surface area contributed by atoms with Crippen LogP contribution in [0.1, 0.15) is 33.2 Å². The second-order valence-corrected chi connectivity index (χ2v) is 5.97. The third-order valence-electron chi connectivity index (χ3n) is 3.87. The molecule has 0 saturated heterocycles. The SMILES string of the molecule is CCCNc1nc(-c2ccc(OC)cc2)nc2c1ncn2C(C)C. The van der Waals surface area contributed by atoms with Gasteiger partial charge in [-0.15, -0.1) is 0 Å². The molecule has 0 aliphatic rings. The maximum Gasteiger partial charge on any atom is 0.166 e. The fraction of sp³-hybridized carbons (Fsp3) is 0.389. The van der Waals surface area contributed by atoms with Gasteiger partial charge in [-0.3, -0.25) is 0 Å². The summed E-state index contributed by atoms with van der Waals surface area (Å²) in [5.74, 6) is 2.29. The summed E-state index contributed by atoms with van der Waals surface area (Å²) >= 11 is 0. The van der Waals surface area contributed by atoms with Crippen molar-refractivity contribution in [2.24, 2.45) is 0 Å². The van der Waals surface area contributed by atoms with Gasteiger partial charge in [0.05, 0.1) is 13.4 Å². The summed E-state index contributed by atoms with van der Waals surface area (Å²) < 4.78 is 7.29. The lowest BCUT2D eigenvalue weighted by atomic mass is 10.2. The number of methoxy groups -OCH3 is 1. The summed E-state index contributed by atoms with van der Waals surface area (Å²) in [7, 11) is 1.66. The second kappa shape index (κ2) is 6.86. The number of nitrogens with one attached hydrogen (secondary N) is 1. The number of anilines is 1. The minimum Gasteiger partial charge on any atom is -0.497 e. The molecule has 3 aromatic rings. The third-order valence-corrected chi connectivity index (χ3v) is 3.87. The molecular formula is C18H23N5O. The largest absolute Gasteiger partial charge is 0.497 e. The van der Waals surface area contributed by atoms with Crippen molar-refractivity contribution in [1.29, 1.82) is 0 Å². The first kappa shape index (κ1) is 16.2. The van der Waals surface area contributed by atoms with Crippen LogP contribution in [0.2, 0.25) is 0 Å². The Bertz CT molecular complexity index is 823. The van der Waals surface area contributed by atoms with Crippen LogP contribution in [0.15, 0.2) is 30.6 Å². The Hall–Kier alpha value is -2.63. The fourth-order valence-corrected chi connectivity index (χ4v) is 2.53. The van der Waals surface area contributed by atoms with E-state index in [0.717, 1.165) is 41.3 Å². The number of hydrogen-bond acceptors (Lipinski definition) is 5. The molecule has 6 heteroatoms. The van der Waals surface area contributed by atoms with Crippen LogP contribution in [0.3, 0.4) is 0 Å². The molecule has 0 unspecified atom stereocenters. The molecule has 0 fully saturated rings. The zero-order chi connectivity index (χ0) is 17.1. The van der Waals surface area contributed by atoms with Gasteiger partial charge in [0.1, 0.15) is 11.3 Å². The van der Waals surface area contributed by atoms with Crippen LogP contribution in [-0.2, 0) is 0 Å². The van der Waals surface area contributed by atoms with Gasteiger partial charge in [-0.2, -0.15) is 0 Å². The van der Waals surface area contributed by atoms with Crippen molar-refractivity contribution in [2.45, 2.75) is 33.2 Å². The van der Waals surface area contributed by atoms with E-state index < -0.39 is 0 Å². The number of ether oxygens (including phenoxy) is 1. The van der Waals surface area contributed by atoms with Crippen LogP contribution in [-0.4, -0.2) is 33.2 Å². The Morgan fingerprint density at radius 2 is 1.92 bits per heavy atom. The van der Waals surface area contributed by atoms with E-state index in [1.807, 2.05) is 30.6 Å². The van der Waals surface area contributed by atoms with Crippen molar-refractivity contribution in [3.05, 3.63) is 30.6 Å². The molecule has 0 bridgehead atoms. The Balaban J connectivity index is 2.13. The number of benzene rings is 1. The van der Waals surface area contributed by atoms with Crippen molar-refractivity contribution in [3.8, 4) is 17.1 Å². The lowest BCUT2D eigenvalue weighted by Gasteiger charge is -2.11. The molecule has 2 aromatic heterocycles. The van der Waals surface area contributed by atoms with Crippen LogP contribution in [0, 0.1) is 0 Å². The van der Waals surface area contributed by atoms with E-state index in [-0.39, 0.29) is 6.04 Å². The molecule has 24 heavy (non-hydrogen) atoms. The first-order valence-electron chi connectivity index (χ1n) is 8.27.